The molecule has 0 fully saturated rings. The van der Waals surface area contributed by atoms with E-state index < -0.39 is 5.97 Å². The monoisotopic (exact) mass is 326 g/mol. The van der Waals surface area contributed by atoms with Crippen LogP contribution in [0.4, 0.5) is 4.39 Å². The summed E-state index contributed by atoms with van der Waals surface area (Å²) >= 11 is 0. The van der Waals surface area contributed by atoms with Crippen molar-refractivity contribution in [1.82, 2.24) is 9.78 Å². The molecule has 0 amide bonds. The minimum atomic E-state index is -1.13. The van der Waals surface area contributed by atoms with Crippen LogP contribution < -0.4 is 4.74 Å². The number of aromatic nitrogens is 2. The third-order valence-electron chi connectivity index (χ3n) is 3.68. The molecule has 6 heteroatoms. The van der Waals surface area contributed by atoms with Crippen LogP contribution in [0, 0.1) is 12.7 Å². The van der Waals surface area contributed by atoms with Crippen LogP contribution in [0.5, 0.6) is 5.75 Å². The average molecular weight is 326 g/mol. The zero-order chi connectivity index (χ0) is 17.3. The molecular weight excluding hydrogens is 311 g/mol. The first-order valence-corrected chi connectivity index (χ1v) is 7.24. The van der Waals surface area contributed by atoms with E-state index in [4.69, 9.17) is 4.74 Å². The second-order valence-electron chi connectivity index (χ2n) is 5.30. The molecule has 122 valence electrons. The summed E-state index contributed by atoms with van der Waals surface area (Å²) in [4.78, 5) is 11.3. The predicted octanol–water partition coefficient (Wildman–Crippen LogP) is 3.69. The van der Waals surface area contributed by atoms with E-state index in [1.165, 1.54) is 16.8 Å². The number of hydrogen-bond donors (Lipinski definition) is 1. The van der Waals surface area contributed by atoms with E-state index in [-0.39, 0.29) is 11.5 Å². The van der Waals surface area contributed by atoms with E-state index in [1.54, 1.807) is 50.4 Å². The molecule has 1 heterocycles. The minimum absolute atomic E-state index is 0.0882. The van der Waals surface area contributed by atoms with Crippen LogP contribution in [0.25, 0.3) is 16.9 Å². The molecule has 0 saturated heterocycles. The highest BCUT2D eigenvalue weighted by Crippen LogP contribution is 2.27. The lowest BCUT2D eigenvalue weighted by molar-refractivity contribution is 0.0690. The van der Waals surface area contributed by atoms with Gasteiger partial charge in [0.05, 0.1) is 18.5 Å². The number of carboxylic acid groups (broad SMARTS) is 1. The third kappa shape index (κ3) is 2.86. The van der Waals surface area contributed by atoms with Gasteiger partial charge in [0.15, 0.2) is 5.69 Å². The van der Waals surface area contributed by atoms with E-state index in [1.807, 2.05) is 0 Å². The molecule has 0 aliphatic heterocycles. The molecule has 0 spiro atoms. The van der Waals surface area contributed by atoms with Crippen molar-refractivity contribution in [3.63, 3.8) is 0 Å². The highest BCUT2D eigenvalue weighted by atomic mass is 19.1. The van der Waals surface area contributed by atoms with Gasteiger partial charge in [-0.3, -0.25) is 0 Å². The number of benzene rings is 2. The van der Waals surface area contributed by atoms with Gasteiger partial charge in [-0.25, -0.2) is 13.9 Å². The summed E-state index contributed by atoms with van der Waals surface area (Å²) < 4.78 is 20.3. The first-order chi connectivity index (χ1) is 11.5. The van der Waals surface area contributed by atoms with Crippen molar-refractivity contribution in [1.29, 1.82) is 0 Å². The maximum absolute atomic E-state index is 13.5. The lowest BCUT2D eigenvalue weighted by Gasteiger charge is -2.10. The fourth-order valence-corrected chi connectivity index (χ4v) is 2.43. The second-order valence-corrected chi connectivity index (χ2v) is 5.30. The Balaban J connectivity index is 2.20. The van der Waals surface area contributed by atoms with Crippen molar-refractivity contribution in [2.24, 2.45) is 0 Å². The SMILES string of the molecule is COc1cccc(-n2nc(C(=O)O)cc2-c2ccc(F)c(C)c2)c1. The third-order valence-corrected chi connectivity index (χ3v) is 3.68. The van der Waals surface area contributed by atoms with Crippen molar-refractivity contribution in [2.45, 2.75) is 6.92 Å². The molecule has 0 aliphatic carbocycles. The molecular formula is C18H15FN2O3. The van der Waals surface area contributed by atoms with Gasteiger partial charge < -0.3 is 9.84 Å². The average Bonchev–Trinajstić information content (AvgIpc) is 3.03. The van der Waals surface area contributed by atoms with Gasteiger partial charge in [0.2, 0.25) is 0 Å². The number of aromatic carboxylic acids is 1. The standard InChI is InChI=1S/C18H15FN2O3/c1-11-8-12(6-7-15(11)19)17-10-16(18(22)23)20-21(17)13-4-3-5-14(9-13)24-2/h3-10H,1-2H3,(H,22,23). The number of carbonyl (C=O) groups is 1. The summed E-state index contributed by atoms with van der Waals surface area (Å²) in [5.74, 6) is -0.817. The van der Waals surface area contributed by atoms with Gasteiger partial charge in [-0.15, -0.1) is 0 Å². The van der Waals surface area contributed by atoms with E-state index >= 15 is 0 Å². The van der Waals surface area contributed by atoms with Crippen LogP contribution in [0.2, 0.25) is 0 Å². The normalized spacial score (nSPS) is 10.6. The van der Waals surface area contributed by atoms with Gasteiger partial charge in [-0.2, -0.15) is 5.10 Å². The Morgan fingerprint density at radius 2 is 2.00 bits per heavy atom. The van der Waals surface area contributed by atoms with Crippen molar-refractivity contribution in [2.75, 3.05) is 7.11 Å². The summed E-state index contributed by atoms with van der Waals surface area (Å²) in [5.41, 5.74) is 2.27. The van der Waals surface area contributed by atoms with Crippen molar-refractivity contribution >= 4 is 5.97 Å². The Morgan fingerprint density at radius 3 is 2.67 bits per heavy atom. The smallest absolute Gasteiger partial charge is 0.356 e. The Hall–Kier alpha value is -3.15. The van der Waals surface area contributed by atoms with Gasteiger partial charge in [0.25, 0.3) is 0 Å². The van der Waals surface area contributed by atoms with E-state index in [0.29, 0.717) is 28.3 Å². The molecule has 0 radical (unpaired) electrons. The second kappa shape index (κ2) is 6.16. The van der Waals surface area contributed by atoms with Crippen molar-refractivity contribution in [3.05, 3.63) is 65.6 Å². The van der Waals surface area contributed by atoms with Gasteiger partial charge >= 0.3 is 5.97 Å². The fraction of sp³-hybridized carbons (Fsp3) is 0.111. The van der Waals surface area contributed by atoms with E-state index in [0.717, 1.165) is 0 Å². The molecule has 1 N–H and O–H groups in total. The number of methoxy groups -OCH3 is 1. The Kier molecular flexibility index (Phi) is 4.04. The van der Waals surface area contributed by atoms with Crippen LogP contribution in [0.1, 0.15) is 16.1 Å². The summed E-state index contributed by atoms with van der Waals surface area (Å²) in [6.45, 7) is 1.66. The first kappa shape index (κ1) is 15.7. The van der Waals surface area contributed by atoms with Crippen LogP contribution in [0.15, 0.2) is 48.5 Å². The molecule has 2 aromatic carbocycles. The Morgan fingerprint density at radius 1 is 1.21 bits per heavy atom. The summed E-state index contributed by atoms with van der Waals surface area (Å²) in [5, 5.41) is 13.4. The Labute approximate surface area is 137 Å². The summed E-state index contributed by atoms with van der Waals surface area (Å²) in [6, 6.07) is 13.2. The molecule has 24 heavy (non-hydrogen) atoms. The molecule has 0 bridgehead atoms. The van der Waals surface area contributed by atoms with Crippen LogP contribution >= 0.6 is 0 Å². The van der Waals surface area contributed by atoms with E-state index in [2.05, 4.69) is 5.10 Å². The maximum atomic E-state index is 13.5. The molecule has 5 nitrogen and oxygen atoms in total. The molecule has 0 unspecified atom stereocenters. The molecule has 0 saturated carbocycles. The predicted molar refractivity (Wildman–Crippen MR) is 87.2 cm³/mol. The number of ether oxygens (including phenoxy) is 1. The number of nitrogens with zero attached hydrogens (tertiary/aromatic N) is 2. The molecule has 0 aliphatic rings. The van der Waals surface area contributed by atoms with Gasteiger partial charge in [-0.05, 0) is 48.9 Å². The van der Waals surface area contributed by atoms with Crippen LogP contribution in [-0.4, -0.2) is 28.0 Å². The first-order valence-electron chi connectivity index (χ1n) is 7.24. The number of hydrogen-bond acceptors (Lipinski definition) is 3. The summed E-state index contributed by atoms with van der Waals surface area (Å²) in [6.07, 6.45) is 0. The largest absolute Gasteiger partial charge is 0.497 e. The van der Waals surface area contributed by atoms with Crippen molar-refractivity contribution in [3.8, 4) is 22.7 Å². The lowest BCUT2D eigenvalue weighted by atomic mass is 10.1. The Bertz CT molecular complexity index is 918. The maximum Gasteiger partial charge on any atom is 0.356 e. The molecule has 3 rings (SSSR count). The van der Waals surface area contributed by atoms with Crippen LogP contribution in [0.3, 0.4) is 0 Å². The van der Waals surface area contributed by atoms with Gasteiger partial charge in [-0.1, -0.05) is 6.07 Å². The fourth-order valence-electron chi connectivity index (χ4n) is 2.43. The summed E-state index contributed by atoms with van der Waals surface area (Å²) in [7, 11) is 1.55. The molecule has 1 aromatic heterocycles. The number of aryl methyl sites for hydroxylation is 1. The number of rotatable bonds is 4. The minimum Gasteiger partial charge on any atom is -0.497 e. The zero-order valence-corrected chi connectivity index (χ0v) is 13.2. The van der Waals surface area contributed by atoms with Crippen molar-refractivity contribution < 1.29 is 19.0 Å². The lowest BCUT2D eigenvalue weighted by Crippen LogP contribution is -2.02. The topological polar surface area (TPSA) is 64.4 Å². The molecule has 3 aromatic rings. The quantitative estimate of drug-likeness (QED) is 0.794. The van der Waals surface area contributed by atoms with E-state index in [9.17, 15) is 14.3 Å². The number of carboxylic acids is 1. The molecule has 0 atom stereocenters. The van der Waals surface area contributed by atoms with Crippen LogP contribution in [-0.2, 0) is 0 Å². The van der Waals surface area contributed by atoms with Gasteiger partial charge in [0, 0.05) is 11.6 Å². The highest BCUT2D eigenvalue weighted by molar-refractivity contribution is 5.87. The highest BCUT2D eigenvalue weighted by Gasteiger charge is 2.17. The van der Waals surface area contributed by atoms with Gasteiger partial charge in [0.1, 0.15) is 11.6 Å². The zero-order valence-electron chi connectivity index (χ0n) is 13.2. The number of halogens is 1.